The fraction of sp³-hybridized carbons (Fsp3) is 0.500. The van der Waals surface area contributed by atoms with E-state index in [0.29, 0.717) is 0 Å². The maximum atomic E-state index is 5.95. The van der Waals surface area contributed by atoms with E-state index in [1.807, 2.05) is 38.2 Å². The third-order valence-corrected chi connectivity index (χ3v) is 4.28. The van der Waals surface area contributed by atoms with Crippen LogP contribution in [0.5, 0.6) is 0 Å². The second-order valence-corrected chi connectivity index (χ2v) is 6.41. The van der Waals surface area contributed by atoms with Crippen LogP contribution in [0.3, 0.4) is 0 Å². The van der Waals surface area contributed by atoms with Gasteiger partial charge in [0, 0.05) is 45.1 Å². The van der Waals surface area contributed by atoms with Gasteiger partial charge in [0.15, 0.2) is 0 Å². The highest BCUT2D eigenvalue weighted by Gasteiger charge is 2.21. The topological polar surface area (TPSA) is 54.4 Å². The van der Waals surface area contributed by atoms with Gasteiger partial charge in [-0.2, -0.15) is 0 Å². The standard InChI is InChI=1S/C18H25N5O/c1-14-10-18(21-13-20-14)23-8-9-24-16(12-23)5-4-15-6-7-19-17(11-15)22(2)3/h6-7,10-11,13,16H,4-5,8-9,12H2,1-3H3/t16-/m1/s1. The molecule has 2 aromatic heterocycles. The molecule has 2 aromatic rings. The molecule has 24 heavy (non-hydrogen) atoms. The van der Waals surface area contributed by atoms with Gasteiger partial charge in [0.25, 0.3) is 0 Å². The summed E-state index contributed by atoms with van der Waals surface area (Å²) in [6.45, 7) is 4.50. The van der Waals surface area contributed by atoms with Gasteiger partial charge < -0.3 is 14.5 Å². The highest BCUT2D eigenvalue weighted by atomic mass is 16.5. The normalized spacial score (nSPS) is 17.8. The first-order valence-corrected chi connectivity index (χ1v) is 8.39. The Balaban J connectivity index is 1.59. The molecule has 1 aliphatic rings. The van der Waals surface area contributed by atoms with Crippen molar-refractivity contribution in [1.82, 2.24) is 15.0 Å². The number of hydrogen-bond donors (Lipinski definition) is 0. The number of nitrogens with zero attached hydrogens (tertiary/aromatic N) is 5. The second-order valence-electron chi connectivity index (χ2n) is 6.41. The van der Waals surface area contributed by atoms with Crippen molar-refractivity contribution >= 4 is 11.6 Å². The highest BCUT2D eigenvalue weighted by Crippen LogP contribution is 2.19. The fourth-order valence-electron chi connectivity index (χ4n) is 2.90. The first-order chi connectivity index (χ1) is 11.6. The van der Waals surface area contributed by atoms with Crippen LogP contribution in [0.1, 0.15) is 17.7 Å². The molecular weight excluding hydrogens is 302 g/mol. The van der Waals surface area contributed by atoms with Crippen LogP contribution in [-0.2, 0) is 11.2 Å². The molecule has 1 saturated heterocycles. The minimum absolute atomic E-state index is 0.227. The Hall–Kier alpha value is -2.21. The van der Waals surface area contributed by atoms with Gasteiger partial charge in [-0.1, -0.05) is 0 Å². The van der Waals surface area contributed by atoms with E-state index in [2.05, 4.69) is 32.0 Å². The van der Waals surface area contributed by atoms with Crippen LogP contribution in [0.25, 0.3) is 0 Å². The van der Waals surface area contributed by atoms with Crippen molar-refractivity contribution in [3.8, 4) is 0 Å². The molecule has 6 nitrogen and oxygen atoms in total. The number of ether oxygens (including phenoxy) is 1. The fourth-order valence-corrected chi connectivity index (χ4v) is 2.90. The summed E-state index contributed by atoms with van der Waals surface area (Å²) >= 11 is 0. The third kappa shape index (κ3) is 4.20. The van der Waals surface area contributed by atoms with Gasteiger partial charge in [-0.15, -0.1) is 0 Å². The smallest absolute Gasteiger partial charge is 0.132 e. The third-order valence-electron chi connectivity index (χ3n) is 4.28. The monoisotopic (exact) mass is 327 g/mol. The van der Waals surface area contributed by atoms with E-state index in [0.717, 1.165) is 49.9 Å². The van der Waals surface area contributed by atoms with Crippen molar-refractivity contribution < 1.29 is 4.74 Å². The van der Waals surface area contributed by atoms with Crippen LogP contribution in [0.4, 0.5) is 11.6 Å². The van der Waals surface area contributed by atoms with Crippen LogP contribution in [0.2, 0.25) is 0 Å². The maximum Gasteiger partial charge on any atom is 0.132 e. The highest BCUT2D eigenvalue weighted by molar-refractivity contribution is 5.40. The number of hydrogen-bond acceptors (Lipinski definition) is 6. The van der Waals surface area contributed by atoms with Gasteiger partial charge in [0.2, 0.25) is 0 Å². The first-order valence-electron chi connectivity index (χ1n) is 8.39. The van der Waals surface area contributed by atoms with E-state index >= 15 is 0 Å². The second kappa shape index (κ2) is 7.57. The Morgan fingerprint density at radius 2 is 2.12 bits per heavy atom. The molecule has 0 N–H and O–H groups in total. The van der Waals surface area contributed by atoms with Crippen LogP contribution >= 0.6 is 0 Å². The lowest BCUT2D eigenvalue weighted by atomic mass is 10.1. The van der Waals surface area contributed by atoms with E-state index in [4.69, 9.17) is 4.74 Å². The Labute approximate surface area is 143 Å². The van der Waals surface area contributed by atoms with E-state index in [1.54, 1.807) is 6.33 Å². The van der Waals surface area contributed by atoms with Crippen molar-refractivity contribution in [1.29, 1.82) is 0 Å². The van der Waals surface area contributed by atoms with E-state index in [-0.39, 0.29) is 6.10 Å². The molecule has 0 amide bonds. The lowest BCUT2D eigenvalue weighted by Crippen LogP contribution is -2.43. The summed E-state index contributed by atoms with van der Waals surface area (Å²) in [5.41, 5.74) is 2.29. The predicted octanol–water partition coefficient (Wildman–Crippen LogP) is 2.08. The molecule has 0 unspecified atom stereocenters. The molecule has 3 rings (SSSR count). The lowest BCUT2D eigenvalue weighted by molar-refractivity contribution is 0.0352. The SMILES string of the molecule is Cc1cc(N2CCO[C@H](CCc3ccnc(N(C)C)c3)C2)ncn1. The van der Waals surface area contributed by atoms with Crippen molar-refractivity contribution in [2.24, 2.45) is 0 Å². The van der Waals surface area contributed by atoms with Crippen LogP contribution in [0.15, 0.2) is 30.7 Å². The first kappa shape index (κ1) is 16.6. The number of pyridine rings is 1. The molecule has 3 heterocycles. The van der Waals surface area contributed by atoms with Crippen molar-refractivity contribution in [3.63, 3.8) is 0 Å². The van der Waals surface area contributed by atoms with Crippen LogP contribution in [-0.4, -0.2) is 54.8 Å². The van der Waals surface area contributed by atoms with Crippen LogP contribution < -0.4 is 9.80 Å². The predicted molar refractivity (Wildman–Crippen MR) is 95.6 cm³/mol. The van der Waals surface area contributed by atoms with Gasteiger partial charge >= 0.3 is 0 Å². The number of rotatable bonds is 5. The summed E-state index contributed by atoms with van der Waals surface area (Å²) < 4.78 is 5.95. The van der Waals surface area contributed by atoms with Gasteiger partial charge in [0.1, 0.15) is 18.0 Å². The molecule has 0 aromatic carbocycles. The average molecular weight is 327 g/mol. The molecule has 1 fully saturated rings. The molecule has 0 bridgehead atoms. The molecule has 128 valence electrons. The molecule has 0 spiro atoms. The molecule has 1 atom stereocenters. The zero-order valence-corrected chi connectivity index (χ0v) is 14.6. The molecule has 6 heteroatoms. The van der Waals surface area contributed by atoms with Crippen LogP contribution in [0, 0.1) is 6.92 Å². The summed E-state index contributed by atoms with van der Waals surface area (Å²) in [5.74, 6) is 1.99. The zero-order valence-electron chi connectivity index (χ0n) is 14.6. The Bertz CT molecular complexity index is 676. The number of anilines is 2. The Morgan fingerprint density at radius 1 is 1.25 bits per heavy atom. The molecule has 0 saturated carbocycles. The lowest BCUT2D eigenvalue weighted by Gasteiger charge is -2.33. The summed E-state index contributed by atoms with van der Waals surface area (Å²) in [6, 6.07) is 6.27. The molecule has 0 radical (unpaired) electrons. The maximum absolute atomic E-state index is 5.95. The van der Waals surface area contributed by atoms with Gasteiger partial charge in [-0.25, -0.2) is 15.0 Å². The Kier molecular flexibility index (Phi) is 5.25. The number of aromatic nitrogens is 3. The summed E-state index contributed by atoms with van der Waals surface area (Å²) in [5, 5.41) is 0. The van der Waals surface area contributed by atoms with Crippen molar-refractivity contribution in [2.75, 3.05) is 43.6 Å². The largest absolute Gasteiger partial charge is 0.375 e. The average Bonchev–Trinajstić information content (AvgIpc) is 2.60. The zero-order chi connectivity index (χ0) is 16.9. The van der Waals surface area contributed by atoms with Crippen molar-refractivity contribution in [2.45, 2.75) is 25.9 Å². The quantitative estimate of drug-likeness (QED) is 0.838. The molecule has 1 aliphatic heterocycles. The Morgan fingerprint density at radius 3 is 2.92 bits per heavy atom. The van der Waals surface area contributed by atoms with Gasteiger partial charge in [-0.3, -0.25) is 0 Å². The van der Waals surface area contributed by atoms with E-state index in [1.165, 1.54) is 5.56 Å². The minimum atomic E-state index is 0.227. The van der Waals surface area contributed by atoms with Gasteiger partial charge in [0.05, 0.1) is 12.7 Å². The van der Waals surface area contributed by atoms with Crippen molar-refractivity contribution in [3.05, 3.63) is 42.0 Å². The minimum Gasteiger partial charge on any atom is -0.375 e. The number of aryl methyl sites for hydroxylation is 2. The summed E-state index contributed by atoms with van der Waals surface area (Å²) in [7, 11) is 4.02. The summed E-state index contributed by atoms with van der Waals surface area (Å²) in [4.78, 5) is 17.3. The summed E-state index contributed by atoms with van der Waals surface area (Å²) in [6.07, 6.45) is 5.73. The van der Waals surface area contributed by atoms with E-state index in [9.17, 15) is 0 Å². The molecular formula is C18H25N5O. The molecule has 0 aliphatic carbocycles. The number of morpholine rings is 1. The van der Waals surface area contributed by atoms with Gasteiger partial charge in [-0.05, 0) is 37.5 Å². The van der Waals surface area contributed by atoms with E-state index < -0.39 is 0 Å².